The van der Waals surface area contributed by atoms with Gasteiger partial charge in [0.15, 0.2) is 0 Å². The summed E-state index contributed by atoms with van der Waals surface area (Å²) >= 11 is 0. The minimum Gasteiger partial charge on any atom is -0.256 e. The average Bonchev–Trinajstić information content (AvgIpc) is 3.04. The lowest BCUT2D eigenvalue weighted by molar-refractivity contribution is 1.32. The first-order chi connectivity index (χ1) is 19.8. The molecule has 0 unspecified atom stereocenters. The molecule has 0 N–H and O–H groups in total. The van der Waals surface area contributed by atoms with Crippen molar-refractivity contribution in [2.24, 2.45) is 0 Å². The van der Waals surface area contributed by atoms with Crippen LogP contribution in [0.15, 0.2) is 152 Å². The van der Waals surface area contributed by atoms with Gasteiger partial charge in [-0.05, 0) is 71.3 Å². The fraction of sp³-hybridized carbons (Fsp3) is 0. The third-order valence-corrected chi connectivity index (χ3v) is 6.63. The summed E-state index contributed by atoms with van der Waals surface area (Å²) < 4.78 is 0. The Morgan fingerprint density at radius 3 is 1.07 bits per heavy atom. The molecule has 0 saturated heterocycles. The first kappa shape index (κ1) is 24.7. The third-order valence-electron chi connectivity index (χ3n) is 6.63. The summed E-state index contributed by atoms with van der Waals surface area (Å²) in [4.78, 5) is 4.74. The van der Waals surface area contributed by atoms with Gasteiger partial charge >= 0.3 is 0 Å². The van der Waals surface area contributed by atoms with Gasteiger partial charge in [-0.2, -0.15) is 0 Å². The van der Waals surface area contributed by atoms with E-state index >= 15 is 0 Å². The van der Waals surface area contributed by atoms with Crippen molar-refractivity contribution in [1.82, 2.24) is 4.98 Å². The molecule has 0 atom stereocenters. The summed E-state index contributed by atoms with van der Waals surface area (Å²) in [5.41, 5.74) is 10.6. The second-order valence-electron chi connectivity index (χ2n) is 9.40. The Bertz CT molecular complexity index is 1680. The van der Waals surface area contributed by atoms with Crippen LogP contribution in [-0.2, 0) is 0 Å². The van der Waals surface area contributed by atoms with E-state index in [0.29, 0.717) is 0 Å². The molecule has 40 heavy (non-hydrogen) atoms. The lowest BCUT2D eigenvalue weighted by atomic mass is 10.0. The Hall–Kier alpha value is -5.63. The quantitative estimate of drug-likeness (QED) is 0.218. The van der Waals surface area contributed by atoms with E-state index in [2.05, 4.69) is 109 Å². The zero-order chi connectivity index (χ0) is 27.0. The summed E-state index contributed by atoms with van der Waals surface area (Å²) in [6, 6.07) is 49.5. The molecule has 0 bridgehead atoms. The summed E-state index contributed by atoms with van der Waals surface area (Å²) in [6.45, 7) is 0. The first-order valence-corrected chi connectivity index (χ1v) is 13.2. The Morgan fingerprint density at radius 2 is 0.650 bits per heavy atom. The van der Waals surface area contributed by atoms with E-state index in [-0.39, 0.29) is 0 Å². The highest BCUT2D eigenvalue weighted by Gasteiger charge is 2.04. The molecule has 0 aliphatic carbocycles. The zero-order valence-electron chi connectivity index (χ0n) is 21.9. The largest absolute Gasteiger partial charge is 0.256 e. The minimum atomic E-state index is 0.951. The molecule has 186 valence electrons. The van der Waals surface area contributed by atoms with Gasteiger partial charge in [0.25, 0.3) is 0 Å². The molecule has 1 heteroatoms. The molecule has 1 aromatic heterocycles. The number of hydrogen-bond donors (Lipinski definition) is 0. The maximum Gasteiger partial charge on any atom is 0.0702 e. The predicted molar refractivity (Wildman–Crippen MR) is 165 cm³/mol. The Labute approximate surface area is 235 Å². The number of rotatable bonds is 3. The van der Waals surface area contributed by atoms with Gasteiger partial charge in [0, 0.05) is 39.6 Å². The van der Waals surface area contributed by atoms with E-state index in [1.165, 1.54) is 5.56 Å². The smallest absolute Gasteiger partial charge is 0.0702 e. The highest BCUT2D eigenvalue weighted by Crippen LogP contribution is 2.26. The van der Waals surface area contributed by atoms with Crippen molar-refractivity contribution in [3.8, 4) is 57.2 Å². The van der Waals surface area contributed by atoms with Crippen molar-refractivity contribution in [2.75, 3.05) is 0 Å². The van der Waals surface area contributed by atoms with E-state index in [1.807, 2.05) is 66.9 Å². The van der Waals surface area contributed by atoms with Crippen molar-refractivity contribution in [3.63, 3.8) is 0 Å². The van der Waals surface area contributed by atoms with Crippen LogP contribution in [0.3, 0.4) is 0 Å². The molecular weight excluding hydrogens is 482 g/mol. The van der Waals surface area contributed by atoms with E-state index in [0.717, 1.165) is 50.2 Å². The summed E-state index contributed by atoms with van der Waals surface area (Å²) in [7, 11) is 0. The van der Waals surface area contributed by atoms with E-state index in [4.69, 9.17) is 4.98 Å². The van der Waals surface area contributed by atoms with E-state index in [1.54, 1.807) is 0 Å². The van der Waals surface area contributed by atoms with Gasteiger partial charge in [-0.1, -0.05) is 115 Å². The van der Waals surface area contributed by atoms with Crippen LogP contribution in [0.25, 0.3) is 33.5 Å². The molecule has 0 radical (unpaired) electrons. The normalized spacial score (nSPS) is 10.1. The number of nitrogens with zero attached hydrogens (tertiary/aromatic N) is 1. The van der Waals surface area contributed by atoms with Gasteiger partial charge < -0.3 is 0 Å². The highest BCUT2D eigenvalue weighted by molar-refractivity contribution is 5.71. The fourth-order valence-electron chi connectivity index (χ4n) is 4.39. The molecule has 6 aromatic rings. The van der Waals surface area contributed by atoms with Gasteiger partial charge in [-0.3, -0.25) is 4.98 Å². The van der Waals surface area contributed by atoms with Gasteiger partial charge in [0.05, 0.1) is 5.69 Å². The van der Waals surface area contributed by atoms with Crippen LogP contribution in [0.2, 0.25) is 0 Å². The fourth-order valence-corrected chi connectivity index (χ4v) is 4.39. The number of benzene rings is 5. The van der Waals surface area contributed by atoms with Gasteiger partial charge in [0.2, 0.25) is 0 Å². The third kappa shape index (κ3) is 6.08. The summed E-state index contributed by atoms with van der Waals surface area (Å²) in [5.74, 6) is 12.9. The Morgan fingerprint density at radius 1 is 0.300 bits per heavy atom. The second-order valence-corrected chi connectivity index (χ2v) is 9.40. The molecule has 1 heterocycles. The van der Waals surface area contributed by atoms with Gasteiger partial charge in [0.1, 0.15) is 0 Å². The molecular formula is C39H25N. The van der Waals surface area contributed by atoms with E-state index < -0.39 is 0 Å². The van der Waals surface area contributed by atoms with Crippen LogP contribution >= 0.6 is 0 Å². The van der Waals surface area contributed by atoms with Crippen molar-refractivity contribution in [1.29, 1.82) is 0 Å². The van der Waals surface area contributed by atoms with Crippen LogP contribution in [0.5, 0.6) is 0 Å². The molecule has 0 aliphatic rings. The van der Waals surface area contributed by atoms with Gasteiger partial charge in [-0.25, -0.2) is 0 Å². The molecule has 0 amide bonds. The predicted octanol–water partition coefficient (Wildman–Crippen LogP) is 8.88. The first-order valence-electron chi connectivity index (χ1n) is 13.2. The van der Waals surface area contributed by atoms with Crippen LogP contribution in [0.1, 0.15) is 22.3 Å². The number of hydrogen-bond acceptors (Lipinski definition) is 1. The molecule has 0 fully saturated rings. The molecule has 6 rings (SSSR count). The highest BCUT2D eigenvalue weighted by atomic mass is 14.7. The standard InChI is InChI=1S/C39H25N/c1-3-7-30(8-4-1)11-13-32-15-19-34(20-16-32)35-23-25-37(26-24-35)39-28-27-38(29-40-39)36-21-17-33(18-22-36)14-12-31-9-5-2-6-10-31/h1-10,15-29H. The SMILES string of the molecule is C(#Cc1ccc(-c2ccc(-c3ccc(-c4ccc(C#Cc5ccccc5)cc4)cn3)cc2)cc1)c1ccccc1. The topological polar surface area (TPSA) is 12.9 Å². The van der Waals surface area contributed by atoms with E-state index in [9.17, 15) is 0 Å². The maximum atomic E-state index is 4.74. The molecule has 0 aliphatic heterocycles. The van der Waals surface area contributed by atoms with Crippen molar-refractivity contribution >= 4 is 0 Å². The van der Waals surface area contributed by atoms with Crippen molar-refractivity contribution < 1.29 is 0 Å². The molecule has 5 aromatic carbocycles. The number of aromatic nitrogens is 1. The van der Waals surface area contributed by atoms with Crippen LogP contribution in [-0.4, -0.2) is 4.98 Å². The molecule has 0 saturated carbocycles. The average molecular weight is 508 g/mol. The van der Waals surface area contributed by atoms with Crippen LogP contribution < -0.4 is 0 Å². The lowest BCUT2D eigenvalue weighted by Gasteiger charge is -2.06. The summed E-state index contributed by atoms with van der Waals surface area (Å²) in [6.07, 6.45) is 1.93. The Kier molecular flexibility index (Phi) is 7.30. The lowest BCUT2D eigenvalue weighted by Crippen LogP contribution is -1.86. The zero-order valence-corrected chi connectivity index (χ0v) is 21.9. The maximum absolute atomic E-state index is 4.74. The van der Waals surface area contributed by atoms with Crippen molar-refractivity contribution in [3.05, 3.63) is 174 Å². The molecule has 0 spiro atoms. The van der Waals surface area contributed by atoms with Gasteiger partial charge in [-0.15, -0.1) is 0 Å². The number of pyridine rings is 1. The monoisotopic (exact) mass is 507 g/mol. The minimum absolute atomic E-state index is 0.951. The summed E-state index contributed by atoms with van der Waals surface area (Å²) in [5, 5.41) is 0. The van der Waals surface area contributed by atoms with Crippen molar-refractivity contribution in [2.45, 2.75) is 0 Å². The second kappa shape index (κ2) is 11.8. The Balaban J connectivity index is 1.12. The molecule has 1 nitrogen and oxygen atoms in total. The van der Waals surface area contributed by atoms with Crippen LogP contribution in [0, 0.1) is 23.7 Å². The van der Waals surface area contributed by atoms with Crippen LogP contribution in [0.4, 0.5) is 0 Å².